The highest BCUT2D eigenvalue weighted by Gasteiger charge is 2.04. The molecule has 2 aromatic rings. The van der Waals surface area contributed by atoms with E-state index in [0.717, 1.165) is 11.1 Å². The zero-order valence-corrected chi connectivity index (χ0v) is 13.4. The molecule has 0 saturated heterocycles. The maximum Gasteiger partial charge on any atom is 0.337 e. The van der Waals surface area contributed by atoms with Gasteiger partial charge in [-0.3, -0.25) is 0 Å². The lowest BCUT2D eigenvalue weighted by Crippen LogP contribution is -2.00. The van der Waals surface area contributed by atoms with Crippen LogP contribution in [0.4, 0.5) is 0 Å². The molecule has 0 aliphatic carbocycles. The van der Waals surface area contributed by atoms with Gasteiger partial charge in [0, 0.05) is 0 Å². The summed E-state index contributed by atoms with van der Waals surface area (Å²) in [4.78, 5) is 11.3. The number of methoxy groups -OCH3 is 1. The number of phenols is 1. The summed E-state index contributed by atoms with van der Waals surface area (Å²) in [6.07, 6.45) is 0. The molecule has 0 spiro atoms. The first-order valence-corrected chi connectivity index (χ1v) is 7.18. The molecule has 3 heteroatoms. The molecule has 0 aliphatic heterocycles. The molecule has 0 unspecified atom stereocenters. The Morgan fingerprint density at radius 3 is 1.57 bits per heavy atom. The van der Waals surface area contributed by atoms with Crippen molar-refractivity contribution in [2.24, 2.45) is 0 Å². The number of phenolic OH excluding ortho intramolecular Hbond substituents is 1. The Morgan fingerprint density at radius 1 is 0.810 bits per heavy atom. The minimum Gasteiger partial charge on any atom is -0.508 e. The zero-order valence-electron chi connectivity index (χ0n) is 13.4. The minimum atomic E-state index is -0.345. The first-order chi connectivity index (χ1) is 10.2. The maximum atomic E-state index is 11.3. The lowest BCUT2D eigenvalue weighted by Gasteiger charge is -2.03. The van der Waals surface area contributed by atoms with Crippen LogP contribution in [0.1, 0.15) is 38.1 Å². The molecule has 2 rings (SSSR count). The topological polar surface area (TPSA) is 46.5 Å². The fraction of sp³-hybridized carbons (Fsp3) is 0.278. The van der Waals surface area contributed by atoms with Crippen LogP contribution in [-0.4, -0.2) is 18.2 Å². The average molecular weight is 288 g/mol. The third kappa shape index (κ3) is 5.69. The van der Waals surface area contributed by atoms with E-state index in [1.165, 1.54) is 7.11 Å². The Bertz CT molecular complexity index is 513. The molecule has 1 N–H and O–H groups in total. The molecule has 2 aromatic carbocycles. The van der Waals surface area contributed by atoms with Crippen LogP contribution in [0.5, 0.6) is 5.75 Å². The molecule has 21 heavy (non-hydrogen) atoms. The summed E-state index contributed by atoms with van der Waals surface area (Å²) in [5, 5.41) is 9.19. The Labute approximate surface area is 127 Å². The predicted octanol–water partition coefficient (Wildman–Crippen LogP) is 4.90. The summed E-state index contributed by atoms with van der Waals surface area (Å²) in [5.74, 6) is -0.109. The number of benzene rings is 2. The number of hydrogen-bond donors (Lipinski definition) is 1. The third-order valence-electron chi connectivity index (χ3n) is 2.51. The summed E-state index contributed by atoms with van der Waals surface area (Å²) in [6.45, 7) is 8.00. The van der Waals surface area contributed by atoms with Crippen LogP contribution in [0, 0.1) is 0 Å². The van der Waals surface area contributed by atoms with E-state index in [2.05, 4.69) is 4.74 Å². The fourth-order valence-corrected chi connectivity index (χ4v) is 1.57. The van der Waals surface area contributed by atoms with Crippen molar-refractivity contribution in [2.45, 2.75) is 27.7 Å². The van der Waals surface area contributed by atoms with Gasteiger partial charge in [0.25, 0.3) is 0 Å². The van der Waals surface area contributed by atoms with Crippen molar-refractivity contribution >= 4 is 5.97 Å². The predicted molar refractivity (Wildman–Crippen MR) is 87.6 cm³/mol. The van der Waals surface area contributed by atoms with Gasteiger partial charge in [-0.25, -0.2) is 4.79 Å². The number of rotatable bonds is 2. The smallest absolute Gasteiger partial charge is 0.337 e. The van der Waals surface area contributed by atoms with Crippen LogP contribution >= 0.6 is 0 Å². The van der Waals surface area contributed by atoms with E-state index in [9.17, 15) is 9.90 Å². The first kappa shape index (κ1) is 18.7. The van der Waals surface area contributed by atoms with Gasteiger partial charge in [0.15, 0.2) is 0 Å². The molecule has 0 aromatic heterocycles. The molecule has 0 aliphatic rings. The van der Waals surface area contributed by atoms with Crippen molar-refractivity contribution in [3.05, 3.63) is 54.1 Å². The summed E-state index contributed by atoms with van der Waals surface area (Å²) < 4.78 is 4.63. The van der Waals surface area contributed by atoms with E-state index in [0.29, 0.717) is 5.56 Å². The summed E-state index contributed by atoms with van der Waals surface area (Å²) >= 11 is 0. The van der Waals surface area contributed by atoms with Crippen LogP contribution in [0.2, 0.25) is 0 Å². The Morgan fingerprint density at radius 2 is 1.19 bits per heavy atom. The molecule has 0 bridgehead atoms. The average Bonchev–Trinajstić information content (AvgIpc) is 2.58. The Balaban J connectivity index is 0.000000921. The highest BCUT2D eigenvalue weighted by atomic mass is 16.5. The minimum absolute atomic E-state index is 0.236. The van der Waals surface area contributed by atoms with Crippen LogP contribution in [-0.2, 0) is 4.74 Å². The Kier molecular flexibility index (Phi) is 9.35. The van der Waals surface area contributed by atoms with Gasteiger partial charge in [0.1, 0.15) is 5.75 Å². The van der Waals surface area contributed by atoms with E-state index >= 15 is 0 Å². The highest BCUT2D eigenvalue weighted by Crippen LogP contribution is 2.22. The van der Waals surface area contributed by atoms with Gasteiger partial charge in [-0.1, -0.05) is 52.0 Å². The van der Waals surface area contributed by atoms with Crippen molar-refractivity contribution in [3.63, 3.8) is 0 Å². The van der Waals surface area contributed by atoms with Crippen molar-refractivity contribution < 1.29 is 14.6 Å². The third-order valence-corrected chi connectivity index (χ3v) is 2.51. The second-order valence-electron chi connectivity index (χ2n) is 3.62. The SMILES string of the molecule is CC.CC.COC(=O)c1ccc(-c2ccc(O)cc2)cc1. The van der Waals surface area contributed by atoms with Gasteiger partial charge >= 0.3 is 5.97 Å². The maximum absolute atomic E-state index is 11.3. The molecule has 0 atom stereocenters. The largest absolute Gasteiger partial charge is 0.508 e. The molecule has 0 amide bonds. The van der Waals surface area contributed by atoms with E-state index in [1.54, 1.807) is 24.3 Å². The molecule has 0 heterocycles. The fourth-order valence-electron chi connectivity index (χ4n) is 1.57. The molecule has 0 fully saturated rings. The van der Waals surface area contributed by atoms with Gasteiger partial charge < -0.3 is 9.84 Å². The van der Waals surface area contributed by atoms with Gasteiger partial charge in [0.05, 0.1) is 12.7 Å². The van der Waals surface area contributed by atoms with Gasteiger partial charge in [0.2, 0.25) is 0 Å². The van der Waals surface area contributed by atoms with Gasteiger partial charge in [-0.15, -0.1) is 0 Å². The Hall–Kier alpha value is -2.29. The summed E-state index contributed by atoms with van der Waals surface area (Å²) in [7, 11) is 1.36. The quantitative estimate of drug-likeness (QED) is 0.800. The van der Waals surface area contributed by atoms with Crippen molar-refractivity contribution in [1.29, 1.82) is 0 Å². The monoisotopic (exact) mass is 288 g/mol. The van der Waals surface area contributed by atoms with E-state index in [4.69, 9.17) is 0 Å². The number of carbonyl (C=O) groups is 1. The van der Waals surface area contributed by atoms with Gasteiger partial charge in [-0.05, 0) is 35.4 Å². The van der Waals surface area contributed by atoms with Crippen molar-refractivity contribution in [1.82, 2.24) is 0 Å². The second kappa shape index (κ2) is 10.5. The van der Waals surface area contributed by atoms with Crippen molar-refractivity contribution in [3.8, 4) is 16.9 Å². The number of aromatic hydroxyl groups is 1. The normalized spacial score (nSPS) is 8.62. The van der Waals surface area contributed by atoms with Crippen LogP contribution < -0.4 is 0 Å². The van der Waals surface area contributed by atoms with E-state index < -0.39 is 0 Å². The standard InChI is InChI=1S/C14H12O3.2C2H6/c1-17-14(16)12-4-2-10(3-5-12)11-6-8-13(15)9-7-11;2*1-2/h2-9,15H,1H3;2*1-2H3. The summed E-state index contributed by atoms with van der Waals surface area (Å²) in [5.41, 5.74) is 2.49. The van der Waals surface area contributed by atoms with E-state index in [1.807, 2.05) is 52.0 Å². The number of ether oxygens (including phenoxy) is 1. The van der Waals surface area contributed by atoms with Crippen LogP contribution in [0.3, 0.4) is 0 Å². The van der Waals surface area contributed by atoms with Crippen LogP contribution in [0.15, 0.2) is 48.5 Å². The molecule has 114 valence electrons. The number of carbonyl (C=O) groups excluding carboxylic acids is 1. The lowest BCUT2D eigenvalue weighted by molar-refractivity contribution is 0.0601. The number of hydrogen-bond acceptors (Lipinski definition) is 3. The summed E-state index contributed by atoms with van der Waals surface area (Å²) in [6, 6.07) is 14.0. The molecular weight excluding hydrogens is 264 g/mol. The zero-order chi connectivity index (χ0) is 16.3. The van der Waals surface area contributed by atoms with Crippen LogP contribution in [0.25, 0.3) is 11.1 Å². The molecular formula is C18H24O3. The highest BCUT2D eigenvalue weighted by molar-refractivity contribution is 5.89. The molecule has 0 saturated carbocycles. The first-order valence-electron chi connectivity index (χ1n) is 7.18. The number of esters is 1. The van der Waals surface area contributed by atoms with Gasteiger partial charge in [-0.2, -0.15) is 0 Å². The molecule has 0 radical (unpaired) electrons. The lowest BCUT2D eigenvalue weighted by atomic mass is 10.0. The molecule has 3 nitrogen and oxygen atoms in total. The van der Waals surface area contributed by atoms with E-state index in [-0.39, 0.29) is 11.7 Å². The van der Waals surface area contributed by atoms with Crippen molar-refractivity contribution in [2.75, 3.05) is 7.11 Å². The second-order valence-corrected chi connectivity index (χ2v) is 3.62.